The predicted molar refractivity (Wildman–Crippen MR) is 74.8 cm³/mol. The minimum atomic E-state index is 0.205. The minimum Gasteiger partial charge on any atom is -0.313 e. The Hall–Kier alpha value is -1.35. The van der Waals surface area contributed by atoms with Crippen LogP contribution in [0.25, 0.3) is 0 Å². The van der Waals surface area contributed by atoms with Crippen LogP contribution in [0.4, 0.5) is 5.69 Å². The second kappa shape index (κ2) is 6.01. The number of benzene rings is 1. The lowest BCUT2D eigenvalue weighted by atomic mass is 10.2. The summed E-state index contributed by atoms with van der Waals surface area (Å²) in [5.41, 5.74) is 2.20. The zero-order chi connectivity index (χ0) is 13.0. The van der Waals surface area contributed by atoms with Gasteiger partial charge in [-0.2, -0.15) is 0 Å². The summed E-state index contributed by atoms with van der Waals surface area (Å²) in [6.45, 7) is 5.60. The van der Waals surface area contributed by atoms with E-state index in [0.717, 1.165) is 18.8 Å². The maximum atomic E-state index is 12.2. The number of nitrogens with one attached hydrogen (secondary N) is 1. The van der Waals surface area contributed by atoms with E-state index in [-0.39, 0.29) is 5.91 Å². The van der Waals surface area contributed by atoms with Gasteiger partial charge in [-0.1, -0.05) is 12.1 Å². The van der Waals surface area contributed by atoms with E-state index in [0.29, 0.717) is 12.5 Å². The third-order valence-corrected chi connectivity index (χ3v) is 3.28. The molecule has 98 valence electrons. The second-order valence-electron chi connectivity index (χ2n) is 4.96. The Balaban J connectivity index is 1.91. The van der Waals surface area contributed by atoms with Crippen LogP contribution in [0.15, 0.2) is 24.3 Å². The number of carbonyl (C=O) groups excluding carboxylic acids is 1. The summed E-state index contributed by atoms with van der Waals surface area (Å²) in [5, 5.41) is 3.38. The van der Waals surface area contributed by atoms with E-state index < -0.39 is 0 Å². The fourth-order valence-electron chi connectivity index (χ4n) is 2.10. The van der Waals surface area contributed by atoms with Crippen LogP contribution in [0.3, 0.4) is 0 Å². The summed E-state index contributed by atoms with van der Waals surface area (Å²) in [7, 11) is 0. The van der Waals surface area contributed by atoms with E-state index in [1.54, 1.807) is 0 Å². The summed E-state index contributed by atoms with van der Waals surface area (Å²) in [5.74, 6) is 0.205. The van der Waals surface area contributed by atoms with E-state index in [2.05, 4.69) is 24.4 Å². The van der Waals surface area contributed by atoms with Crippen molar-refractivity contribution in [2.45, 2.75) is 39.2 Å². The monoisotopic (exact) mass is 246 g/mol. The Kier molecular flexibility index (Phi) is 4.37. The fourth-order valence-corrected chi connectivity index (χ4v) is 2.10. The van der Waals surface area contributed by atoms with Crippen LogP contribution >= 0.6 is 0 Å². The molecule has 0 spiro atoms. The van der Waals surface area contributed by atoms with Gasteiger partial charge in [-0.3, -0.25) is 4.79 Å². The fraction of sp³-hybridized carbons (Fsp3) is 0.533. The zero-order valence-electron chi connectivity index (χ0n) is 11.3. The number of rotatable bonds is 6. The first kappa shape index (κ1) is 13.1. The van der Waals surface area contributed by atoms with Crippen molar-refractivity contribution < 1.29 is 4.79 Å². The molecule has 0 radical (unpaired) electrons. The maximum absolute atomic E-state index is 12.2. The normalized spacial score (nSPS) is 14.6. The molecule has 2 rings (SSSR count). The van der Waals surface area contributed by atoms with Crippen molar-refractivity contribution in [2.75, 3.05) is 18.0 Å². The maximum Gasteiger partial charge on any atom is 0.228 e. The van der Waals surface area contributed by atoms with Crippen LogP contribution in [-0.4, -0.2) is 25.0 Å². The molecule has 3 heteroatoms. The third kappa shape index (κ3) is 3.57. The highest BCUT2D eigenvalue weighted by molar-refractivity contribution is 5.93. The lowest BCUT2D eigenvalue weighted by Gasteiger charge is -2.21. The number of hydrogen-bond donors (Lipinski definition) is 1. The molecule has 0 atom stereocenters. The Bertz CT molecular complexity index is 413. The predicted octanol–water partition coefficient (Wildman–Crippen LogP) is 2.49. The Labute approximate surface area is 109 Å². The SMILES string of the molecule is CCN(C(=O)CCNC1CC1)c1cccc(C)c1. The molecule has 1 saturated carbocycles. The van der Waals surface area contributed by atoms with Gasteiger partial charge in [0.1, 0.15) is 0 Å². The molecule has 1 amide bonds. The topological polar surface area (TPSA) is 32.3 Å². The molecule has 1 fully saturated rings. The molecule has 1 aromatic rings. The van der Waals surface area contributed by atoms with Gasteiger partial charge >= 0.3 is 0 Å². The van der Waals surface area contributed by atoms with Crippen LogP contribution in [0, 0.1) is 6.92 Å². The Morgan fingerprint density at radius 1 is 1.44 bits per heavy atom. The number of amides is 1. The lowest BCUT2D eigenvalue weighted by Crippen LogP contribution is -2.33. The van der Waals surface area contributed by atoms with E-state index >= 15 is 0 Å². The molecule has 1 aliphatic rings. The van der Waals surface area contributed by atoms with Crippen molar-refractivity contribution in [1.82, 2.24) is 5.32 Å². The summed E-state index contributed by atoms with van der Waals surface area (Å²) < 4.78 is 0. The van der Waals surface area contributed by atoms with Gasteiger partial charge in [0.05, 0.1) is 0 Å². The van der Waals surface area contributed by atoms with Crippen molar-refractivity contribution >= 4 is 11.6 Å². The molecule has 0 heterocycles. The van der Waals surface area contributed by atoms with Gasteiger partial charge in [0.2, 0.25) is 5.91 Å². The molecule has 0 saturated heterocycles. The van der Waals surface area contributed by atoms with Crippen LogP contribution in [0.5, 0.6) is 0 Å². The number of hydrogen-bond acceptors (Lipinski definition) is 2. The van der Waals surface area contributed by atoms with E-state index in [9.17, 15) is 4.79 Å². The standard InChI is InChI=1S/C15H22N2O/c1-3-17(14-6-4-5-12(2)11-14)15(18)9-10-16-13-7-8-13/h4-6,11,13,16H,3,7-10H2,1-2H3. The molecular formula is C15H22N2O. The van der Waals surface area contributed by atoms with Crippen molar-refractivity contribution in [1.29, 1.82) is 0 Å². The number of anilines is 1. The van der Waals surface area contributed by atoms with Gasteiger partial charge in [-0.05, 0) is 44.4 Å². The van der Waals surface area contributed by atoms with Crippen LogP contribution < -0.4 is 10.2 Å². The van der Waals surface area contributed by atoms with Crippen molar-refractivity contribution in [3.05, 3.63) is 29.8 Å². The molecule has 0 aliphatic heterocycles. The molecule has 1 aliphatic carbocycles. The third-order valence-electron chi connectivity index (χ3n) is 3.28. The quantitative estimate of drug-likeness (QED) is 0.836. The molecule has 0 aromatic heterocycles. The van der Waals surface area contributed by atoms with Gasteiger partial charge in [0, 0.05) is 31.2 Å². The Morgan fingerprint density at radius 3 is 2.83 bits per heavy atom. The smallest absolute Gasteiger partial charge is 0.228 e. The molecular weight excluding hydrogens is 224 g/mol. The molecule has 1 N–H and O–H groups in total. The number of carbonyl (C=O) groups is 1. The first-order valence-electron chi connectivity index (χ1n) is 6.81. The first-order valence-corrected chi connectivity index (χ1v) is 6.81. The number of aryl methyl sites for hydroxylation is 1. The summed E-state index contributed by atoms with van der Waals surface area (Å²) >= 11 is 0. The van der Waals surface area contributed by atoms with Crippen LogP contribution in [0.2, 0.25) is 0 Å². The summed E-state index contributed by atoms with van der Waals surface area (Å²) in [6.07, 6.45) is 3.12. The highest BCUT2D eigenvalue weighted by Crippen LogP contribution is 2.19. The molecule has 0 unspecified atom stereocenters. The molecule has 18 heavy (non-hydrogen) atoms. The van der Waals surface area contributed by atoms with Crippen LogP contribution in [0.1, 0.15) is 31.7 Å². The minimum absolute atomic E-state index is 0.205. The lowest BCUT2D eigenvalue weighted by molar-refractivity contribution is -0.118. The van der Waals surface area contributed by atoms with Crippen LogP contribution in [-0.2, 0) is 4.79 Å². The first-order chi connectivity index (χ1) is 8.70. The van der Waals surface area contributed by atoms with Gasteiger partial charge < -0.3 is 10.2 Å². The van der Waals surface area contributed by atoms with E-state index in [4.69, 9.17) is 0 Å². The largest absolute Gasteiger partial charge is 0.313 e. The number of nitrogens with zero attached hydrogens (tertiary/aromatic N) is 1. The van der Waals surface area contributed by atoms with Gasteiger partial charge in [0.15, 0.2) is 0 Å². The van der Waals surface area contributed by atoms with Gasteiger partial charge in [-0.25, -0.2) is 0 Å². The average Bonchev–Trinajstić information content (AvgIpc) is 3.14. The average molecular weight is 246 g/mol. The zero-order valence-corrected chi connectivity index (χ0v) is 11.3. The second-order valence-corrected chi connectivity index (χ2v) is 4.96. The summed E-state index contributed by atoms with van der Waals surface area (Å²) in [6, 6.07) is 8.80. The van der Waals surface area contributed by atoms with Crippen molar-refractivity contribution in [3.63, 3.8) is 0 Å². The summed E-state index contributed by atoms with van der Waals surface area (Å²) in [4.78, 5) is 14.0. The Morgan fingerprint density at radius 2 is 2.22 bits per heavy atom. The highest BCUT2D eigenvalue weighted by Gasteiger charge is 2.21. The highest BCUT2D eigenvalue weighted by atomic mass is 16.2. The van der Waals surface area contributed by atoms with Gasteiger partial charge in [0.25, 0.3) is 0 Å². The van der Waals surface area contributed by atoms with E-state index in [1.807, 2.05) is 24.0 Å². The van der Waals surface area contributed by atoms with Gasteiger partial charge in [-0.15, -0.1) is 0 Å². The van der Waals surface area contributed by atoms with E-state index in [1.165, 1.54) is 18.4 Å². The van der Waals surface area contributed by atoms with Crippen molar-refractivity contribution in [2.24, 2.45) is 0 Å². The molecule has 3 nitrogen and oxygen atoms in total. The molecule has 1 aromatic carbocycles. The van der Waals surface area contributed by atoms with Crippen molar-refractivity contribution in [3.8, 4) is 0 Å². The molecule has 0 bridgehead atoms.